The first-order valence-corrected chi connectivity index (χ1v) is 9.77. The van der Waals surface area contributed by atoms with Gasteiger partial charge in [-0.05, 0) is 25.3 Å². The van der Waals surface area contributed by atoms with Gasteiger partial charge in [-0.3, -0.25) is 4.99 Å². The lowest BCUT2D eigenvalue weighted by Crippen LogP contribution is -2.49. The van der Waals surface area contributed by atoms with Gasteiger partial charge in [-0.1, -0.05) is 0 Å². The van der Waals surface area contributed by atoms with E-state index < -0.39 is 11.7 Å². The molecule has 2 N–H and O–H groups in total. The van der Waals surface area contributed by atoms with Crippen LogP contribution in [0.5, 0.6) is 5.88 Å². The van der Waals surface area contributed by atoms with Gasteiger partial charge in [-0.25, -0.2) is 4.98 Å². The van der Waals surface area contributed by atoms with Gasteiger partial charge in [0.05, 0.1) is 12.1 Å². The standard InChI is InChI=1S/C19H30F3N5O2/c1-23-18(26-16-6-10-27(11-7-16)9-3-12-28-2)24-8-13-29-17-5-4-15(14-25-17)19(20,21)22/h4-5,14,16H,3,6-13H2,1-2H3,(H2,23,24,26). The molecule has 0 amide bonds. The molecule has 2 heterocycles. The number of hydrogen-bond acceptors (Lipinski definition) is 5. The number of ether oxygens (including phenoxy) is 2. The number of hydrogen-bond donors (Lipinski definition) is 2. The summed E-state index contributed by atoms with van der Waals surface area (Å²) in [5.74, 6) is 0.843. The van der Waals surface area contributed by atoms with Gasteiger partial charge in [0.2, 0.25) is 5.88 Å². The number of nitrogens with one attached hydrogen (secondary N) is 2. The zero-order valence-corrected chi connectivity index (χ0v) is 17.0. The van der Waals surface area contributed by atoms with E-state index in [4.69, 9.17) is 9.47 Å². The molecular formula is C19H30F3N5O2. The highest BCUT2D eigenvalue weighted by atomic mass is 19.4. The molecule has 1 fully saturated rings. The predicted molar refractivity (Wildman–Crippen MR) is 105 cm³/mol. The Morgan fingerprint density at radius 3 is 2.62 bits per heavy atom. The van der Waals surface area contributed by atoms with Gasteiger partial charge in [0.15, 0.2) is 5.96 Å². The summed E-state index contributed by atoms with van der Waals surface area (Å²) in [6.07, 6.45) is -0.499. The third-order valence-electron chi connectivity index (χ3n) is 4.68. The van der Waals surface area contributed by atoms with E-state index in [-0.39, 0.29) is 12.5 Å². The lowest BCUT2D eigenvalue weighted by atomic mass is 10.1. The van der Waals surface area contributed by atoms with E-state index in [2.05, 4.69) is 25.5 Å². The lowest BCUT2D eigenvalue weighted by Gasteiger charge is -2.33. The van der Waals surface area contributed by atoms with Crippen LogP contribution >= 0.6 is 0 Å². The van der Waals surface area contributed by atoms with Crippen molar-refractivity contribution < 1.29 is 22.6 Å². The molecule has 0 radical (unpaired) electrons. The van der Waals surface area contributed by atoms with E-state index in [1.807, 2.05) is 0 Å². The molecule has 29 heavy (non-hydrogen) atoms. The normalized spacial score (nSPS) is 16.7. The van der Waals surface area contributed by atoms with E-state index in [0.717, 1.165) is 57.8 Å². The van der Waals surface area contributed by atoms with Gasteiger partial charge in [0.25, 0.3) is 0 Å². The number of likely N-dealkylation sites (tertiary alicyclic amines) is 1. The van der Waals surface area contributed by atoms with Crippen molar-refractivity contribution in [3.8, 4) is 5.88 Å². The Bertz CT molecular complexity index is 617. The highest BCUT2D eigenvalue weighted by Crippen LogP contribution is 2.29. The summed E-state index contributed by atoms with van der Waals surface area (Å²) in [4.78, 5) is 10.3. The van der Waals surface area contributed by atoms with Crippen LogP contribution in [0.15, 0.2) is 23.3 Å². The second-order valence-corrected chi connectivity index (χ2v) is 6.84. The van der Waals surface area contributed by atoms with Crippen LogP contribution in [0.1, 0.15) is 24.8 Å². The number of nitrogens with zero attached hydrogens (tertiary/aromatic N) is 3. The zero-order chi connectivity index (χ0) is 21.1. The summed E-state index contributed by atoms with van der Waals surface area (Å²) in [5.41, 5.74) is -0.794. The minimum Gasteiger partial charge on any atom is -0.476 e. The number of pyridine rings is 1. The monoisotopic (exact) mass is 417 g/mol. The fraction of sp³-hybridized carbons (Fsp3) is 0.684. The van der Waals surface area contributed by atoms with Crippen LogP contribution in [0.25, 0.3) is 0 Å². The maximum absolute atomic E-state index is 12.5. The molecule has 0 unspecified atom stereocenters. The summed E-state index contributed by atoms with van der Waals surface area (Å²) in [7, 11) is 3.42. The summed E-state index contributed by atoms with van der Waals surface area (Å²) in [6, 6.07) is 2.53. The Morgan fingerprint density at radius 2 is 2.03 bits per heavy atom. The Morgan fingerprint density at radius 1 is 1.28 bits per heavy atom. The van der Waals surface area contributed by atoms with Crippen molar-refractivity contribution in [3.05, 3.63) is 23.9 Å². The number of rotatable bonds is 9. The molecule has 1 aromatic heterocycles. The number of guanidine groups is 1. The molecule has 1 aliphatic rings. The molecule has 1 aliphatic heterocycles. The molecule has 0 spiro atoms. The first-order chi connectivity index (χ1) is 13.9. The number of halogens is 3. The van der Waals surface area contributed by atoms with Gasteiger partial charge in [-0.2, -0.15) is 13.2 Å². The predicted octanol–water partition coefficient (Wildman–Crippen LogP) is 2.15. The number of aromatic nitrogens is 1. The Hall–Kier alpha value is -2.07. The van der Waals surface area contributed by atoms with Crippen molar-refractivity contribution in [2.75, 3.05) is 53.6 Å². The van der Waals surface area contributed by atoms with Gasteiger partial charge in [0.1, 0.15) is 6.61 Å². The van der Waals surface area contributed by atoms with Gasteiger partial charge in [-0.15, -0.1) is 0 Å². The zero-order valence-electron chi connectivity index (χ0n) is 17.0. The molecule has 10 heteroatoms. The number of alkyl halides is 3. The largest absolute Gasteiger partial charge is 0.476 e. The van der Waals surface area contributed by atoms with Crippen molar-refractivity contribution in [3.63, 3.8) is 0 Å². The second kappa shape index (κ2) is 11.8. The van der Waals surface area contributed by atoms with E-state index in [1.54, 1.807) is 14.2 Å². The molecule has 0 atom stereocenters. The van der Waals surface area contributed by atoms with Crippen LogP contribution in [-0.4, -0.2) is 75.4 Å². The quantitative estimate of drug-likeness (QED) is 0.365. The SMILES string of the molecule is CN=C(NCCOc1ccc(C(F)(F)F)cn1)NC1CCN(CCCOC)CC1. The van der Waals surface area contributed by atoms with Crippen LogP contribution in [0.3, 0.4) is 0 Å². The van der Waals surface area contributed by atoms with Crippen LogP contribution in [0.2, 0.25) is 0 Å². The summed E-state index contributed by atoms with van der Waals surface area (Å²) in [6.45, 7) is 4.65. The van der Waals surface area contributed by atoms with E-state index in [0.29, 0.717) is 18.5 Å². The van der Waals surface area contributed by atoms with E-state index in [9.17, 15) is 13.2 Å². The molecule has 0 aliphatic carbocycles. The van der Waals surface area contributed by atoms with Crippen LogP contribution < -0.4 is 15.4 Å². The van der Waals surface area contributed by atoms with Gasteiger partial charge < -0.3 is 25.0 Å². The van der Waals surface area contributed by atoms with Crippen molar-refractivity contribution in [1.82, 2.24) is 20.5 Å². The van der Waals surface area contributed by atoms with Crippen LogP contribution in [0.4, 0.5) is 13.2 Å². The van der Waals surface area contributed by atoms with E-state index >= 15 is 0 Å². The summed E-state index contributed by atoms with van der Waals surface area (Å²) < 4.78 is 48.0. The Labute approximate surface area is 169 Å². The van der Waals surface area contributed by atoms with Crippen molar-refractivity contribution in [1.29, 1.82) is 0 Å². The van der Waals surface area contributed by atoms with Gasteiger partial charge in [0, 0.05) is 58.7 Å². The molecule has 7 nitrogen and oxygen atoms in total. The van der Waals surface area contributed by atoms with Crippen molar-refractivity contribution in [2.45, 2.75) is 31.5 Å². The number of piperidine rings is 1. The number of aliphatic imine (C=N–C) groups is 1. The van der Waals surface area contributed by atoms with E-state index in [1.165, 1.54) is 6.07 Å². The topological polar surface area (TPSA) is 71.0 Å². The average molecular weight is 417 g/mol. The molecule has 0 aromatic carbocycles. The Kier molecular flexibility index (Phi) is 9.46. The molecule has 0 bridgehead atoms. The Balaban J connectivity index is 1.63. The molecule has 164 valence electrons. The minimum atomic E-state index is -4.40. The second-order valence-electron chi connectivity index (χ2n) is 6.84. The van der Waals surface area contributed by atoms with Crippen molar-refractivity contribution in [2.24, 2.45) is 4.99 Å². The van der Waals surface area contributed by atoms with Gasteiger partial charge >= 0.3 is 6.18 Å². The molecular weight excluding hydrogens is 387 g/mol. The molecule has 2 rings (SSSR count). The first-order valence-electron chi connectivity index (χ1n) is 9.77. The molecule has 1 aromatic rings. The highest BCUT2D eigenvalue weighted by Gasteiger charge is 2.30. The van der Waals surface area contributed by atoms with Crippen LogP contribution in [-0.2, 0) is 10.9 Å². The smallest absolute Gasteiger partial charge is 0.417 e. The average Bonchev–Trinajstić information content (AvgIpc) is 2.71. The maximum atomic E-state index is 12.5. The highest BCUT2D eigenvalue weighted by molar-refractivity contribution is 5.79. The summed E-state index contributed by atoms with van der Waals surface area (Å²) in [5, 5.41) is 6.56. The maximum Gasteiger partial charge on any atom is 0.417 e. The number of methoxy groups -OCH3 is 1. The third kappa shape index (κ3) is 8.45. The first kappa shape index (κ1) is 23.2. The molecule has 1 saturated heterocycles. The fourth-order valence-corrected chi connectivity index (χ4v) is 3.08. The summed E-state index contributed by atoms with van der Waals surface area (Å²) >= 11 is 0. The van der Waals surface area contributed by atoms with Crippen LogP contribution in [0, 0.1) is 0 Å². The molecule has 0 saturated carbocycles. The minimum absolute atomic E-state index is 0.156. The third-order valence-corrected chi connectivity index (χ3v) is 4.68. The lowest BCUT2D eigenvalue weighted by molar-refractivity contribution is -0.137. The fourth-order valence-electron chi connectivity index (χ4n) is 3.08. The van der Waals surface area contributed by atoms with Crippen molar-refractivity contribution >= 4 is 5.96 Å².